The van der Waals surface area contributed by atoms with Crippen LogP contribution in [0.25, 0.3) is 0 Å². The Kier molecular flexibility index (Phi) is 4.65. The third kappa shape index (κ3) is 3.11. The van der Waals surface area contributed by atoms with Crippen LogP contribution in [0.15, 0.2) is 54.6 Å². The minimum Gasteiger partial charge on any atom is -0.324 e. The Morgan fingerprint density at radius 3 is 2.17 bits per heavy atom. The van der Waals surface area contributed by atoms with E-state index in [9.17, 15) is 18.8 Å². The minimum absolute atomic E-state index is 0.201. The summed E-state index contributed by atoms with van der Waals surface area (Å²) in [6.07, 6.45) is 3.18. The van der Waals surface area contributed by atoms with E-state index in [1.54, 1.807) is 0 Å². The largest absolute Gasteiger partial charge is 0.324 e. The minimum atomic E-state index is -0.928. The van der Waals surface area contributed by atoms with E-state index >= 15 is 0 Å². The van der Waals surface area contributed by atoms with Gasteiger partial charge in [0, 0.05) is 12.1 Å². The zero-order valence-corrected chi connectivity index (χ0v) is 16.5. The topological polar surface area (TPSA) is 66.5 Å². The van der Waals surface area contributed by atoms with Crippen LogP contribution >= 0.6 is 0 Å². The van der Waals surface area contributed by atoms with Gasteiger partial charge in [0.25, 0.3) is 0 Å². The highest BCUT2D eigenvalue weighted by atomic mass is 19.1. The first kappa shape index (κ1) is 19.0. The lowest BCUT2D eigenvalue weighted by atomic mass is 9.81. The summed E-state index contributed by atoms with van der Waals surface area (Å²) in [5, 5.41) is 2.76. The first-order chi connectivity index (χ1) is 14.5. The first-order valence-electron chi connectivity index (χ1n) is 10.5. The van der Waals surface area contributed by atoms with E-state index in [-0.39, 0.29) is 41.9 Å². The van der Waals surface area contributed by atoms with E-state index in [2.05, 4.69) is 5.32 Å². The van der Waals surface area contributed by atoms with Crippen LogP contribution in [-0.2, 0) is 20.8 Å². The van der Waals surface area contributed by atoms with E-state index in [4.69, 9.17) is 0 Å². The van der Waals surface area contributed by atoms with E-state index in [1.165, 1.54) is 29.2 Å². The number of likely N-dealkylation sites (tertiary alicyclic amines) is 1. The fourth-order valence-corrected chi connectivity index (χ4v) is 5.64. The fraction of sp³-hybridized carbons (Fsp3) is 0.375. The van der Waals surface area contributed by atoms with Crippen molar-refractivity contribution in [2.75, 3.05) is 5.32 Å². The van der Waals surface area contributed by atoms with Crippen molar-refractivity contribution in [3.63, 3.8) is 0 Å². The molecule has 0 unspecified atom stereocenters. The second-order valence-electron chi connectivity index (χ2n) is 8.63. The number of carbonyl (C=O) groups excluding carboxylic acids is 3. The molecule has 30 heavy (non-hydrogen) atoms. The molecule has 1 N–H and O–H groups in total. The molecule has 5 nitrogen and oxygen atoms in total. The average molecular weight is 406 g/mol. The Balaban J connectivity index is 1.45. The zero-order valence-electron chi connectivity index (χ0n) is 16.5. The molecule has 1 aliphatic heterocycles. The van der Waals surface area contributed by atoms with Crippen molar-refractivity contribution in [1.29, 1.82) is 0 Å². The molecule has 6 heteroatoms. The van der Waals surface area contributed by atoms with Crippen LogP contribution in [0.3, 0.4) is 0 Å². The molecule has 0 spiro atoms. The van der Waals surface area contributed by atoms with Gasteiger partial charge in [-0.3, -0.25) is 19.3 Å². The Labute approximate surface area is 174 Å². The van der Waals surface area contributed by atoms with Crippen molar-refractivity contribution in [3.8, 4) is 0 Å². The van der Waals surface area contributed by atoms with Gasteiger partial charge >= 0.3 is 0 Å². The van der Waals surface area contributed by atoms with Crippen LogP contribution in [0.5, 0.6) is 0 Å². The number of amides is 3. The molecular weight excluding hydrogens is 383 g/mol. The van der Waals surface area contributed by atoms with Gasteiger partial charge in [0.15, 0.2) is 0 Å². The summed E-state index contributed by atoms with van der Waals surface area (Å²) in [5.74, 6) is -1.25. The molecule has 0 aromatic heterocycles. The lowest BCUT2D eigenvalue weighted by molar-refractivity contribution is -0.147. The normalized spacial score (nSPS) is 28.0. The molecular formula is C24H23FN2O3. The third-order valence-electron chi connectivity index (χ3n) is 6.96. The van der Waals surface area contributed by atoms with Crippen LogP contribution < -0.4 is 5.32 Å². The summed E-state index contributed by atoms with van der Waals surface area (Å²) in [7, 11) is 0. The van der Waals surface area contributed by atoms with Gasteiger partial charge < -0.3 is 5.32 Å². The third-order valence-corrected chi connectivity index (χ3v) is 6.96. The number of fused-ring (bicyclic) bond motifs is 5. The van der Waals surface area contributed by atoms with Crippen molar-refractivity contribution in [2.24, 2.45) is 23.7 Å². The van der Waals surface area contributed by atoms with E-state index < -0.39 is 17.8 Å². The van der Waals surface area contributed by atoms with Gasteiger partial charge in [-0.2, -0.15) is 0 Å². The highest BCUT2D eigenvalue weighted by Gasteiger charge is 2.62. The predicted molar refractivity (Wildman–Crippen MR) is 109 cm³/mol. The van der Waals surface area contributed by atoms with Crippen LogP contribution in [0.2, 0.25) is 0 Å². The van der Waals surface area contributed by atoms with Gasteiger partial charge in [0.1, 0.15) is 11.9 Å². The molecule has 3 amide bonds. The predicted octanol–water partition coefficient (Wildman–Crippen LogP) is 3.41. The molecule has 3 fully saturated rings. The van der Waals surface area contributed by atoms with Crippen LogP contribution in [-0.4, -0.2) is 28.7 Å². The van der Waals surface area contributed by atoms with Crippen molar-refractivity contribution >= 4 is 23.4 Å². The van der Waals surface area contributed by atoms with E-state index in [1.807, 2.05) is 30.3 Å². The number of nitrogens with zero attached hydrogens (tertiary/aromatic N) is 1. The van der Waals surface area contributed by atoms with Crippen molar-refractivity contribution in [3.05, 3.63) is 66.0 Å². The molecule has 2 aromatic carbocycles. The van der Waals surface area contributed by atoms with Crippen LogP contribution in [0, 0.1) is 29.5 Å². The first-order valence-corrected chi connectivity index (χ1v) is 10.5. The van der Waals surface area contributed by atoms with Crippen LogP contribution in [0.4, 0.5) is 10.1 Å². The Morgan fingerprint density at radius 2 is 1.57 bits per heavy atom. The van der Waals surface area contributed by atoms with Gasteiger partial charge in [0.05, 0.1) is 11.8 Å². The molecule has 2 bridgehead atoms. The number of anilines is 1. The number of hydrogen-bond donors (Lipinski definition) is 1. The summed E-state index contributed by atoms with van der Waals surface area (Å²) >= 11 is 0. The molecule has 5 rings (SSSR count). The smallest absolute Gasteiger partial charge is 0.248 e. The molecule has 2 aliphatic carbocycles. The van der Waals surface area contributed by atoms with Gasteiger partial charge in [-0.25, -0.2) is 4.39 Å². The molecule has 0 radical (unpaired) electrons. The second-order valence-corrected chi connectivity index (χ2v) is 8.63. The zero-order chi connectivity index (χ0) is 20.8. The van der Waals surface area contributed by atoms with Crippen molar-refractivity contribution < 1.29 is 18.8 Å². The molecule has 154 valence electrons. The number of halogens is 1. The van der Waals surface area contributed by atoms with Gasteiger partial charge in [0.2, 0.25) is 17.7 Å². The average Bonchev–Trinajstić information content (AvgIpc) is 3.43. The molecule has 5 atom stereocenters. The number of rotatable bonds is 5. The fourth-order valence-electron chi connectivity index (χ4n) is 5.64. The summed E-state index contributed by atoms with van der Waals surface area (Å²) in [5.41, 5.74) is 1.30. The van der Waals surface area contributed by atoms with E-state index in [0.29, 0.717) is 5.69 Å². The number of nitrogens with one attached hydrogen (secondary N) is 1. The molecule has 2 saturated carbocycles. The number of benzene rings is 2. The summed E-state index contributed by atoms with van der Waals surface area (Å²) in [6.45, 7) is 0. The molecule has 1 saturated heterocycles. The number of hydrogen-bond acceptors (Lipinski definition) is 3. The monoisotopic (exact) mass is 406 g/mol. The summed E-state index contributed by atoms with van der Waals surface area (Å²) < 4.78 is 13.2. The van der Waals surface area contributed by atoms with E-state index in [0.717, 1.165) is 24.8 Å². The second kappa shape index (κ2) is 7.35. The Bertz CT molecular complexity index is 963. The molecule has 3 aliphatic rings. The summed E-state index contributed by atoms with van der Waals surface area (Å²) in [4.78, 5) is 41.0. The Morgan fingerprint density at radius 1 is 0.967 bits per heavy atom. The quantitative estimate of drug-likeness (QED) is 0.774. The summed E-state index contributed by atoms with van der Waals surface area (Å²) in [6, 6.07) is 13.9. The van der Waals surface area contributed by atoms with Gasteiger partial charge in [-0.1, -0.05) is 30.3 Å². The molecule has 1 heterocycles. The maximum Gasteiger partial charge on any atom is 0.248 e. The SMILES string of the molecule is O=C(Nc1ccc(F)cc1)[C@H](Cc1ccccc1)N1C(=O)[C@@H]2[C@H]3CC[C@@H](C3)[C@@H]2C1=O. The Hall–Kier alpha value is -3.02. The maximum absolute atomic E-state index is 13.3. The highest BCUT2D eigenvalue weighted by Crippen LogP contribution is 2.56. The van der Waals surface area contributed by atoms with Crippen molar-refractivity contribution in [2.45, 2.75) is 31.7 Å². The number of imide groups is 1. The van der Waals surface area contributed by atoms with Crippen LogP contribution in [0.1, 0.15) is 24.8 Å². The maximum atomic E-state index is 13.3. The number of carbonyl (C=O) groups is 3. The van der Waals surface area contributed by atoms with Gasteiger partial charge in [-0.05, 0) is 60.9 Å². The van der Waals surface area contributed by atoms with Gasteiger partial charge in [-0.15, -0.1) is 0 Å². The lowest BCUT2D eigenvalue weighted by Gasteiger charge is -2.27. The van der Waals surface area contributed by atoms with Crippen molar-refractivity contribution in [1.82, 2.24) is 4.90 Å². The molecule has 2 aromatic rings. The lowest BCUT2D eigenvalue weighted by Crippen LogP contribution is -2.49. The highest BCUT2D eigenvalue weighted by molar-refractivity contribution is 6.10. The standard InChI is InChI=1S/C24H23FN2O3/c25-17-8-10-18(11-9-17)26-22(28)19(12-14-4-2-1-3-5-14)27-23(29)20-15-6-7-16(13-15)21(20)24(27)30/h1-5,8-11,15-16,19-21H,6-7,12-13H2,(H,26,28)/t15-,16-,19-,20-,21+/m0/s1.